The summed E-state index contributed by atoms with van der Waals surface area (Å²) in [6.07, 6.45) is 0. The number of carbonyl (C=O) groups is 1. The number of benzene rings is 2. The molecule has 0 aliphatic carbocycles. The second-order valence-corrected chi connectivity index (χ2v) is 6.37. The van der Waals surface area contributed by atoms with Crippen molar-refractivity contribution in [3.05, 3.63) is 70.6 Å². The number of rotatable bonds is 5. The standard InChI is InChI=1S/C19H16O4S/c1-12-8-14(18(20)16(9-12)19(21)22)11-23-15-5-2-4-13(10-15)17-6-3-7-24-17/h2-10,20H,11H2,1H3,(H,21,22). The zero-order valence-corrected chi connectivity index (χ0v) is 13.8. The van der Waals surface area contributed by atoms with E-state index in [9.17, 15) is 9.90 Å². The third-order valence-corrected chi connectivity index (χ3v) is 4.52. The van der Waals surface area contributed by atoms with Crippen LogP contribution in [0.4, 0.5) is 0 Å². The molecule has 0 amide bonds. The van der Waals surface area contributed by atoms with E-state index in [1.807, 2.05) is 41.8 Å². The highest BCUT2D eigenvalue weighted by atomic mass is 32.1. The van der Waals surface area contributed by atoms with Crippen LogP contribution in [0, 0.1) is 6.92 Å². The van der Waals surface area contributed by atoms with Crippen LogP contribution in [-0.2, 0) is 6.61 Å². The predicted octanol–water partition coefficient (Wildman–Crippen LogP) is 4.71. The normalized spacial score (nSPS) is 10.5. The summed E-state index contributed by atoms with van der Waals surface area (Å²) >= 11 is 1.65. The number of ether oxygens (including phenoxy) is 1. The molecule has 2 aromatic carbocycles. The Balaban J connectivity index is 1.82. The molecule has 0 bridgehead atoms. The van der Waals surface area contributed by atoms with Gasteiger partial charge in [-0.3, -0.25) is 0 Å². The Labute approximate surface area is 143 Å². The second kappa shape index (κ2) is 6.76. The maximum Gasteiger partial charge on any atom is 0.339 e. The fourth-order valence-electron chi connectivity index (χ4n) is 2.47. The molecule has 2 N–H and O–H groups in total. The Morgan fingerprint density at radius 2 is 2.00 bits per heavy atom. The summed E-state index contributed by atoms with van der Waals surface area (Å²) in [4.78, 5) is 12.3. The first-order chi connectivity index (χ1) is 11.5. The van der Waals surface area contributed by atoms with Crippen molar-refractivity contribution in [1.82, 2.24) is 0 Å². The van der Waals surface area contributed by atoms with Gasteiger partial charge in [0.25, 0.3) is 0 Å². The summed E-state index contributed by atoms with van der Waals surface area (Å²) in [5, 5.41) is 21.3. The molecule has 0 saturated heterocycles. The molecule has 0 aliphatic rings. The van der Waals surface area contributed by atoms with Gasteiger partial charge in [0.05, 0.1) is 0 Å². The quantitative estimate of drug-likeness (QED) is 0.706. The summed E-state index contributed by atoms with van der Waals surface area (Å²) < 4.78 is 5.75. The summed E-state index contributed by atoms with van der Waals surface area (Å²) in [7, 11) is 0. The largest absolute Gasteiger partial charge is 0.507 e. The number of aromatic carboxylic acids is 1. The van der Waals surface area contributed by atoms with Crippen molar-refractivity contribution in [2.45, 2.75) is 13.5 Å². The lowest BCUT2D eigenvalue weighted by Gasteiger charge is -2.11. The van der Waals surface area contributed by atoms with E-state index in [4.69, 9.17) is 9.84 Å². The molecule has 3 aromatic rings. The van der Waals surface area contributed by atoms with E-state index in [-0.39, 0.29) is 17.9 Å². The highest BCUT2D eigenvalue weighted by Crippen LogP contribution is 2.29. The summed E-state index contributed by atoms with van der Waals surface area (Å²) in [6.45, 7) is 1.88. The van der Waals surface area contributed by atoms with Gasteiger partial charge in [-0.05, 0) is 53.8 Å². The Kier molecular flexibility index (Phi) is 4.53. The van der Waals surface area contributed by atoms with Gasteiger partial charge < -0.3 is 14.9 Å². The summed E-state index contributed by atoms with van der Waals surface area (Å²) in [5.74, 6) is -0.738. The van der Waals surface area contributed by atoms with Crippen molar-refractivity contribution in [3.63, 3.8) is 0 Å². The Bertz CT molecular complexity index is 869. The van der Waals surface area contributed by atoms with Gasteiger partial charge >= 0.3 is 5.97 Å². The smallest absolute Gasteiger partial charge is 0.339 e. The molecule has 1 heterocycles. The van der Waals surface area contributed by atoms with Crippen molar-refractivity contribution >= 4 is 17.3 Å². The van der Waals surface area contributed by atoms with Gasteiger partial charge in [0.2, 0.25) is 0 Å². The summed E-state index contributed by atoms with van der Waals surface area (Å²) in [6, 6.07) is 14.9. The third-order valence-electron chi connectivity index (χ3n) is 3.60. The predicted molar refractivity (Wildman–Crippen MR) is 93.9 cm³/mol. The highest BCUT2D eigenvalue weighted by molar-refractivity contribution is 7.13. The van der Waals surface area contributed by atoms with Crippen LogP contribution in [0.15, 0.2) is 53.9 Å². The zero-order chi connectivity index (χ0) is 17.1. The molecular formula is C19H16O4S. The monoisotopic (exact) mass is 340 g/mol. The number of carboxylic acids is 1. The highest BCUT2D eigenvalue weighted by Gasteiger charge is 2.15. The van der Waals surface area contributed by atoms with E-state index in [1.54, 1.807) is 24.3 Å². The topological polar surface area (TPSA) is 66.8 Å². The number of hydrogen-bond donors (Lipinski definition) is 2. The third kappa shape index (κ3) is 3.41. The lowest BCUT2D eigenvalue weighted by Crippen LogP contribution is -2.03. The molecule has 0 atom stereocenters. The molecular weight excluding hydrogens is 324 g/mol. The van der Waals surface area contributed by atoms with E-state index >= 15 is 0 Å². The van der Waals surface area contributed by atoms with Gasteiger partial charge in [0, 0.05) is 10.4 Å². The molecule has 0 saturated carbocycles. The molecule has 5 heteroatoms. The Morgan fingerprint density at radius 1 is 1.17 bits per heavy atom. The molecule has 0 radical (unpaired) electrons. The van der Waals surface area contributed by atoms with E-state index < -0.39 is 5.97 Å². The minimum absolute atomic E-state index is 0.0989. The molecule has 0 aliphatic heterocycles. The van der Waals surface area contributed by atoms with Gasteiger partial charge in [-0.1, -0.05) is 18.2 Å². The van der Waals surface area contributed by atoms with Crippen LogP contribution >= 0.6 is 11.3 Å². The van der Waals surface area contributed by atoms with Gasteiger partial charge in [0.15, 0.2) is 0 Å². The van der Waals surface area contributed by atoms with Crippen molar-refractivity contribution in [1.29, 1.82) is 0 Å². The Morgan fingerprint density at radius 3 is 2.71 bits per heavy atom. The van der Waals surface area contributed by atoms with Crippen LogP contribution in [0.25, 0.3) is 10.4 Å². The molecule has 0 fully saturated rings. The molecule has 0 unspecified atom stereocenters. The molecule has 24 heavy (non-hydrogen) atoms. The lowest BCUT2D eigenvalue weighted by molar-refractivity contribution is 0.0693. The van der Waals surface area contributed by atoms with Gasteiger partial charge in [-0.2, -0.15) is 0 Å². The number of aryl methyl sites for hydroxylation is 1. The van der Waals surface area contributed by atoms with Gasteiger partial charge in [0.1, 0.15) is 23.7 Å². The van der Waals surface area contributed by atoms with Crippen LogP contribution in [0.5, 0.6) is 11.5 Å². The maximum absolute atomic E-state index is 11.2. The minimum atomic E-state index is -1.16. The minimum Gasteiger partial charge on any atom is -0.507 e. The average molecular weight is 340 g/mol. The van der Waals surface area contributed by atoms with Crippen molar-refractivity contribution in [3.8, 4) is 21.9 Å². The Hall–Kier alpha value is -2.79. The molecule has 1 aromatic heterocycles. The second-order valence-electron chi connectivity index (χ2n) is 5.42. The van der Waals surface area contributed by atoms with Crippen LogP contribution in [-0.4, -0.2) is 16.2 Å². The fraction of sp³-hybridized carbons (Fsp3) is 0.105. The maximum atomic E-state index is 11.2. The van der Waals surface area contributed by atoms with E-state index in [2.05, 4.69) is 0 Å². The van der Waals surface area contributed by atoms with Crippen molar-refractivity contribution < 1.29 is 19.7 Å². The number of carboxylic acid groups (broad SMARTS) is 1. The molecule has 3 rings (SSSR count). The first-order valence-corrected chi connectivity index (χ1v) is 8.25. The van der Waals surface area contributed by atoms with Gasteiger partial charge in [-0.25, -0.2) is 4.79 Å². The van der Waals surface area contributed by atoms with Crippen molar-refractivity contribution in [2.24, 2.45) is 0 Å². The molecule has 122 valence electrons. The number of thiophene rings is 1. The van der Waals surface area contributed by atoms with Crippen LogP contribution in [0.3, 0.4) is 0 Å². The average Bonchev–Trinajstić information content (AvgIpc) is 3.10. The fourth-order valence-corrected chi connectivity index (χ4v) is 3.19. The van der Waals surface area contributed by atoms with Gasteiger partial charge in [-0.15, -0.1) is 11.3 Å². The summed E-state index contributed by atoms with van der Waals surface area (Å²) in [5.41, 5.74) is 2.16. The number of hydrogen-bond acceptors (Lipinski definition) is 4. The van der Waals surface area contributed by atoms with E-state index in [0.29, 0.717) is 11.3 Å². The first kappa shape index (κ1) is 16.1. The van der Waals surface area contributed by atoms with Crippen LogP contribution in [0.1, 0.15) is 21.5 Å². The molecule has 4 nitrogen and oxygen atoms in total. The number of aromatic hydroxyl groups is 1. The lowest BCUT2D eigenvalue weighted by atomic mass is 10.1. The van der Waals surface area contributed by atoms with E-state index in [1.165, 1.54) is 6.07 Å². The first-order valence-electron chi connectivity index (χ1n) is 7.37. The number of phenols is 1. The molecule has 0 spiro atoms. The SMILES string of the molecule is Cc1cc(COc2cccc(-c3cccs3)c2)c(O)c(C(=O)O)c1. The van der Waals surface area contributed by atoms with Crippen LogP contribution in [0.2, 0.25) is 0 Å². The van der Waals surface area contributed by atoms with Crippen LogP contribution < -0.4 is 4.74 Å². The zero-order valence-electron chi connectivity index (χ0n) is 13.0. The van der Waals surface area contributed by atoms with E-state index in [0.717, 1.165) is 16.0 Å². The van der Waals surface area contributed by atoms with Crippen molar-refractivity contribution in [2.75, 3.05) is 0 Å².